The fraction of sp³-hybridized carbons (Fsp3) is 0.571. The number of rotatable bonds is 5. The van der Waals surface area contributed by atoms with Crippen LogP contribution in [0.25, 0.3) is 10.2 Å². The van der Waals surface area contributed by atoms with Gasteiger partial charge in [0.05, 0.1) is 5.39 Å². The quantitative estimate of drug-likeness (QED) is 0.911. The number of nitrogens with zero attached hydrogens (tertiary/aromatic N) is 3. The number of nitrogens with one attached hydrogen (secondary N) is 1. The maximum Gasteiger partial charge on any atom is 0.225 e. The second-order valence-corrected chi connectivity index (χ2v) is 6.35. The van der Waals surface area contributed by atoms with E-state index in [-0.39, 0.29) is 0 Å². The van der Waals surface area contributed by atoms with Gasteiger partial charge in [0.15, 0.2) is 0 Å². The zero-order valence-corrected chi connectivity index (χ0v) is 12.5. The van der Waals surface area contributed by atoms with Crippen LogP contribution in [0.15, 0.2) is 6.07 Å². The van der Waals surface area contributed by atoms with E-state index >= 15 is 0 Å². The highest BCUT2D eigenvalue weighted by atomic mass is 32.1. The van der Waals surface area contributed by atoms with Gasteiger partial charge < -0.3 is 10.2 Å². The summed E-state index contributed by atoms with van der Waals surface area (Å²) in [5.41, 5.74) is 0. The first-order valence-electron chi connectivity index (χ1n) is 6.90. The van der Waals surface area contributed by atoms with Gasteiger partial charge in [-0.05, 0) is 31.2 Å². The van der Waals surface area contributed by atoms with E-state index < -0.39 is 0 Å². The van der Waals surface area contributed by atoms with Crippen molar-refractivity contribution < 1.29 is 0 Å². The van der Waals surface area contributed by atoms with E-state index in [1.54, 1.807) is 11.3 Å². The van der Waals surface area contributed by atoms with Gasteiger partial charge in [-0.25, -0.2) is 4.98 Å². The normalized spacial score (nSPS) is 14.9. The van der Waals surface area contributed by atoms with Crippen LogP contribution in [0, 0.1) is 5.92 Å². The molecule has 0 amide bonds. The maximum absolute atomic E-state index is 4.66. The fourth-order valence-corrected chi connectivity index (χ4v) is 3.27. The van der Waals surface area contributed by atoms with Crippen molar-refractivity contribution in [1.82, 2.24) is 9.97 Å². The largest absolute Gasteiger partial charge is 0.359 e. The first-order valence-corrected chi connectivity index (χ1v) is 7.72. The van der Waals surface area contributed by atoms with Gasteiger partial charge in [-0.15, -0.1) is 11.3 Å². The Kier molecular flexibility index (Phi) is 3.31. The van der Waals surface area contributed by atoms with Crippen molar-refractivity contribution in [3.63, 3.8) is 0 Å². The van der Waals surface area contributed by atoms with E-state index in [1.807, 2.05) is 7.05 Å². The number of aryl methyl sites for hydroxylation is 1. The molecule has 0 aromatic carbocycles. The fourth-order valence-electron chi connectivity index (χ4n) is 2.31. The standard InChI is InChI=1S/C14H20N4S/c1-4-10-7-11-12(18(3)8-9-5-6-9)16-14(15-2)17-13(11)19-10/h7,9H,4-6,8H2,1-3H3,(H,15,16,17). The lowest BCUT2D eigenvalue weighted by Crippen LogP contribution is -2.21. The third kappa shape index (κ3) is 2.52. The van der Waals surface area contributed by atoms with Gasteiger partial charge >= 0.3 is 0 Å². The number of thiophene rings is 1. The van der Waals surface area contributed by atoms with E-state index in [1.165, 1.54) is 23.1 Å². The van der Waals surface area contributed by atoms with Crippen molar-refractivity contribution >= 4 is 33.3 Å². The molecule has 1 N–H and O–H groups in total. The van der Waals surface area contributed by atoms with E-state index in [0.717, 1.165) is 35.5 Å². The second kappa shape index (κ2) is 4.96. The predicted octanol–water partition coefficient (Wildman–Crippen LogP) is 3.14. The van der Waals surface area contributed by atoms with Crippen LogP contribution in [0.4, 0.5) is 11.8 Å². The molecule has 19 heavy (non-hydrogen) atoms. The summed E-state index contributed by atoms with van der Waals surface area (Å²) in [5.74, 6) is 2.64. The lowest BCUT2D eigenvalue weighted by molar-refractivity contribution is 0.780. The van der Waals surface area contributed by atoms with Crippen molar-refractivity contribution in [1.29, 1.82) is 0 Å². The SMILES string of the molecule is CCc1cc2c(N(C)CC3CC3)nc(NC)nc2s1. The second-order valence-electron chi connectivity index (χ2n) is 5.23. The topological polar surface area (TPSA) is 41.1 Å². The van der Waals surface area contributed by atoms with Gasteiger partial charge in [-0.1, -0.05) is 6.92 Å². The molecule has 0 radical (unpaired) electrons. The molecule has 1 saturated carbocycles. The van der Waals surface area contributed by atoms with E-state index in [9.17, 15) is 0 Å². The van der Waals surface area contributed by atoms with E-state index in [2.05, 4.69) is 40.2 Å². The predicted molar refractivity (Wildman–Crippen MR) is 82.3 cm³/mol. The molecule has 4 nitrogen and oxygen atoms in total. The molecule has 2 heterocycles. The van der Waals surface area contributed by atoms with Crippen LogP contribution < -0.4 is 10.2 Å². The molecule has 2 aromatic heterocycles. The minimum absolute atomic E-state index is 0.717. The molecule has 5 heteroatoms. The van der Waals surface area contributed by atoms with Crippen LogP contribution >= 0.6 is 11.3 Å². The van der Waals surface area contributed by atoms with Crippen LogP contribution in [0.1, 0.15) is 24.6 Å². The lowest BCUT2D eigenvalue weighted by Gasteiger charge is -2.19. The molecule has 2 aromatic rings. The Bertz CT molecular complexity index is 588. The van der Waals surface area contributed by atoms with E-state index in [4.69, 9.17) is 0 Å². The Hall–Kier alpha value is -1.36. The highest BCUT2D eigenvalue weighted by Gasteiger charge is 2.24. The van der Waals surface area contributed by atoms with E-state index in [0.29, 0.717) is 0 Å². The molecule has 102 valence electrons. The monoisotopic (exact) mass is 276 g/mol. The van der Waals surface area contributed by atoms with Crippen molar-refractivity contribution in [2.75, 3.05) is 30.9 Å². The highest BCUT2D eigenvalue weighted by molar-refractivity contribution is 7.18. The lowest BCUT2D eigenvalue weighted by atomic mass is 10.3. The molecule has 0 aliphatic heterocycles. The third-order valence-corrected chi connectivity index (χ3v) is 4.76. The molecule has 0 spiro atoms. The molecule has 1 aliphatic carbocycles. The summed E-state index contributed by atoms with van der Waals surface area (Å²) in [6, 6.07) is 2.25. The first kappa shape index (κ1) is 12.7. The van der Waals surface area contributed by atoms with Crippen LogP contribution in [0.5, 0.6) is 0 Å². The Morgan fingerprint density at radius 3 is 2.84 bits per heavy atom. The number of aromatic nitrogens is 2. The smallest absolute Gasteiger partial charge is 0.225 e. The summed E-state index contributed by atoms with van der Waals surface area (Å²) in [6.45, 7) is 3.29. The summed E-state index contributed by atoms with van der Waals surface area (Å²) < 4.78 is 0. The summed E-state index contributed by atoms with van der Waals surface area (Å²) in [5, 5.41) is 4.27. The number of hydrogen-bond acceptors (Lipinski definition) is 5. The van der Waals surface area contributed by atoms with Crippen molar-refractivity contribution in [3.8, 4) is 0 Å². The molecular formula is C14H20N4S. The molecule has 0 bridgehead atoms. The van der Waals surface area contributed by atoms with Gasteiger partial charge in [0.1, 0.15) is 10.6 Å². The zero-order valence-electron chi connectivity index (χ0n) is 11.7. The molecule has 3 rings (SSSR count). The number of fused-ring (bicyclic) bond motifs is 1. The zero-order chi connectivity index (χ0) is 13.4. The van der Waals surface area contributed by atoms with Gasteiger partial charge in [-0.3, -0.25) is 0 Å². The Morgan fingerprint density at radius 2 is 2.21 bits per heavy atom. The van der Waals surface area contributed by atoms with Crippen LogP contribution in [-0.4, -0.2) is 30.6 Å². The van der Waals surface area contributed by atoms with Crippen molar-refractivity contribution in [3.05, 3.63) is 10.9 Å². The minimum Gasteiger partial charge on any atom is -0.359 e. The van der Waals surface area contributed by atoms with Gasteiger partial charge in [0.2, 0.25) is 5.95 Å². The minimum atomic E-state index is 0.717. The van der Waals surface area contributed by atoms with Gasteiger partial charge in [0, 0.05) is 25.5 Å². The molecule has 0 unspecified atom stereocenters. The summed E-state index contributed by atoms with van der Waals surface area (Å²) >= 11 is 1.78. The third-order valence-electron chi connectivity index (χ3n) is 3.59. The van der Waals surface area contributed by atoms with Crippen molar-refractivity contribution in [2.24, 2.45) is 5.92 Å². The first-order chi connectivity index (χ1) is 9.21. The van der Waals surface area contributed by atoms with Crippen LogP contribution in [-0.2, 0) is 6.42 Å². The average molecular weight is 276 g/mol. The van der Waals surface area contributed by atoms with Gasteiger partial charge in [-0.2, -0.15) is 4.98 Å². The van der Waals surface area contributed by atoms with Crippen molar-refractivity contribution in [2.45, 2.75) is 26.2 Å². The summed E-state index contributed by atoms with van der Waals surface area (Å²) in [4.78, 5) is 14.0. The highest BCUT2D eigenvalue weighted by Crippen LogP contribution is 2.35. The Balaban J connectivity index is 2.05. The maximum atomic E-state index is 4.66. The van der Waals surface area contributed by atoms with Gasteiger partial charge in [0.25, 0.3) is 0 Å². The summed E-state index contributed by atoms with van der Waals surface area (Å²) in [7, 11) is 4.02. The number of hydrogen-bond donors (Lipinski definition) is 1. The molecule has 0 atom stereocenters. The summed E-state index contributed by atoms with van der Waals surface area (Å²) in [6.07, 6.45) is 3.78. The van der Waals surface area contributed by atoms with Crippen LogP contribution in [0.2, 0.25) is 0 Å². The molecule has 0 saturated heterocycles. The molecular weight excluding hydrogens is 256 g/mol. The Labute approximate surface area is 117 Å². The molecule has 1 fully saturated rings. The molecule has 1 aliphatic rings. The Morgan fingerprint density at radius 1 is 1.42 bits per heavy atom. The van der Waals surface area contributed by atoms with Crippen LogP contribution in [0.3, 0.4) is 0 Å². The average Bonchev–Trinajstić information content (AvgIpc) is 3.13. The number of anilines is 2.